The van der Waals surface area contributed by atoms with E-state index in [-0.39, 0.29) is 5.75 Å². The molecule has 0 unspecified atom stereocenters. The van der Waals surface area contributed by atoms with Crippen molar-refractivity contribution in [2.45, 2.75) is 0 Å². The zero-order valence-corrected chi connectivity index (χ0v) is 12.1. The minimum Gasteiger partial charge on any atom is -0.503 e. The quantitative estimate of drug-likeness (QED) is 0.752. The lowest BCUT2D eigenvalue weighted by atomic mass is 10.2. The second-order valence-corrected chi connectivity index (χ2v) is 4.60. The Morgan fingerprint density at radius 3 is 2.77 bits per heavy atom. The van der Waals surface area contributed by atoms with Crippen molar-refractivity contribution in [2.75, 3.05) is 14.2 Å². The van der Waals surface area contributed by atoms with Crippen LogP contribution < -0.4 is 4.74 Å². The van der Waals surface area contributed by atoms with E-state index in [0.717, 1.165) is 0 Å². The Hall–Kier alpha value is -3.02. The maximum absolute atomic E-state index is 11.8. The lowest BCUT2D eigenvalue weighted by Gasteiger charge is -2.10. The summed E-state index contributed by atoms with van der Waals surface area (Å²) in [7, 11) is 2.82. The Morgan fingerprint density at radius 1 is 1.23 bits per heavy atom. The SMILES string of the molecule is COC(=O)c1ccnc2c1ccn2-c1cccc(OC)c1O. The van der Waals surface area contributed by atoms with Crippen LogP contribution in [0, 0.1) is 0 Å². The summed E-state index contributed by atoms with van der Waals surface area (Å²) in [4.78, 5) is 16.1. The molecule has 3 aromatic rings. The Labute approximate surface area is 126 Å². The molecule has 0 saturated heterocycles. The van der Waals surface area contributed by atoms with Crippen LogP contribution in [0.15, 0.2) is 42.7 Å². The molecule has 0 atom stereocenters. The smallest absolute Gasteiger partial charge is 0.338 e. The fourth-order valence-corrected chi connectivity index (χ4v) is 2.39. The van der Waals surface area contributed by atoms with Crippen molar-refractivity contribution in [3.05, 3.63) is 48.3 Å². The molecule has 1 aromatic carbocycles. The molecule has 0 aliphatic heterocycles. The van der Waals surface area contributed by atoms with Crippen molar-refractivity contribution >= 4 is 17.0 Å². The first-order valence-corrected chi connectivity index (χ1v) is 6.58. The average molecular weight is 298 g/mol. The van der Waals surface area contributed by atoms with E-state index in [4.69, 9.17) is 9.47 Å². The standard InChI is InChI=1S/C16H14N2O4/c1-21-13-5-3-4-12(14(13)19)18-9-7-10-11(16(20)22-2)6-8-17-15(10)18/h3-9,19H,1-2H3. The number of methoxy groups -OCH3 is 2. The number of fused-ring (bicyclic) bond motifs is 1. The molecule has 1 N–H and O–H groups in total. The molecule has 22 heavy (non-hydrogen) atoms. The second kappa shape index (κ2) is 5.40. The summed E-state index contributed by atoms with van der Waals surface area (Å²) < 4.78 is 11.6. The molecule has 0 amide bonds. The number of carbonyl (C=O) groups excluding carboxylic acids is 1. The number of pyridine rings is 1. The molecule has 3 rings (SSSR count). The number of hydrogen-bond acceptors (Lipinski definition) is 5. The minimum atomic E-state index is -0.431. The van der Waals surface area contributed by atoms with Crippen LogP contribution in [-0.4, -0.2) is 34.8 Å². The van der Waals surface area contributed by atoms with E-state index in [1.165, 1.54) is 20.4 Å². The summed E-state index contributed by atoms with van der Waals surface area (Å²) in [6.07, 6.45) is 3.26. The number of phenolic OH excluding ortho intramolecular Hbond substituents is 1. The third kappa shape index (κ3) is 2.05. The molecule has 0 bridgehead atoms. The molecule has 2 aromatic heterocycles. The lowest BCUT2D eigenvalue weighted by molar-refractivity contribution is 0.0603. The number of phenols is 1. The number of para-hydroxylation sites is 1. The van der Waals surface area contributed by atoms with Crippen molar-refractivity contribution in [1.29, 1.82) is 0 Å². The monoisotopic (exact) mass is 298 g/mol. The number of nitrogens with zero attached hydrogens (tertiary/aromatic N) is 2. The van der Waals surface area contributed by atoms with Crippen molar-refractivity contribution in [3.8, 4) is 17.2 Å². The van der Waals surface area contributed by atoms with Crippen LogP contribution in [-0.2, 0) is 4.74 Å². The third-order valence-corrected chi connectivity index (χ3v) is 3.45. The van der Waals surface area contributed by atoms with Crippen molar-refractivity contribution in [2.24, 2.45) is 0 Å². The fourth-order valence-electron chi connectivity index (χ4n) is 2.39. The molecule has 0 saturated carbocycles. The Bertz CT molecular complexity index is 854. The summed E-state index contributed by atoms with van der Waals surface area (Å²) in [6.45, 7) is 0. The number of benzene rings is 1. The van der Waals surface area contributed by atoms with E-state index in [1.54, 1.807) is 41.1 Å². The number of esters is 1. The van der Waals surface area contributed by atoms with Gasteiger partial charge in [0.2, 0.25) is 0 Å². The van der Waals surface area contributed by atoms with Crippen molar-refractivity contribution in [3.63, 3.8) is 0 Å². The van der Waals surface area contributed by atoms with Crippen LogP contribution in [0.5, 0.6) is 11.5 Å². The van der Waals surface area contributed by atoms with Gasteiger partial charge in [0.15, 0.2) is 11.5 Å². The highest BCUT2D eigenvalue weighted by molar-refractivity contribution is 6.03. The number of ether oxygens (including phenoxy) is 2. The van der Waals surface area contributed by atoms with Gasteiger partial charge in [-0.3, -0.25) is 4.57 Å². The van der Waals surface area contributed by atoms with Gasteiger partial charge in [0.1, 0.15) is 5.65 Å². The van der Waals surface area contributed by atoms with Gasteiger partial charge in [-0.2, -0.15) is 0 Å². The largest absolute Gasteiger partial charge is 0.503 e. The van der Waals surface area contributed by atoms with Crippen molar-refractivity contribution in [1.82, 2.24) is 9.55 Å². The molecular weight excluding hydrogens is 284 g/mol. The van der Waals surface area contributed by atoms with Crippen LogP contribution in [0.2, 0.25) is 0 Å². The first-order chi connectivity index (χ1) is 10.7. The molecule has 0 spiro atoms. The van der Waals surface area contributed by atoms with E-state index in [1.807, 2.05) is 0 Å². The molecule has 112 valence electrons. The van der Waals surface area contributed by atoms with Crippen LogP contribution in [0.3, 0.4) is 0 Å². The summed E-state index contributed by atoms with van der Waals surface area (Å²) in [6, 6.07) is 8.53. The predicted octanol–water partition coefficient (Wildman–Crippen LogP) is 2.53. The number of rotatable bonds is 3. The van der Waals surface area contributed by atoms with Gasteiger partial charge in [0.25, 0.3) is 0 Å². The van der Waals surface area contributed by atoms with Gasteiger partial charge < -0.3 is 14.6 Å². The summed E-state index contributed by atoms with van der Waals surface area (Å²) >= 11 is 0. The highest BCUT2D eigenvalue weighted by Gasteiger charge is 2.16. The molecule has 0 aliphatic rings. The fraction of sp³-hybridized carbons (Fsp3) is 0.125. The first-order valence-electron chi connectivity index (χ1n) is 6.58. The number of aromatic nitrogens is 2. The number of aromatic hydroxyl groups is 1. The van der Waals surface area contributed by atoms with Gasteiger partial charge in [0, 0.05) is 17.8 Å². The average Bonchev–Trinajstić information content (AvgIpc) is 2.98. The molecule has 6 nitrogen and oxygen atoms in total. The highest BCUT2D eigenvalue weighted by atomic mass is 16.5. The van der Waals surface area contributed by atoms with Crippen LogP contribution >= 0.6 is 0 Å². The highest BCUT2D eigenvalue weighted by Crippen LogP contribution is 2.34. The minimum absolute atomic E-state index is 0.00720. The van der Waals surface area contributed by atoms with E-state index < -0.39 is 5.97 Å². The maximum atomic E-state index is 11.8. The van der Waals surface area contributed by atoms with Gasteiger partial charge in [0.05, 0.1) is 25.5 Å². The number of hydrogen-bond donors (Lipinski definition) is 1. The molecule has 6 heteroatoms. The summed E-state index contributed by atoms with van der Waals surface area (Å²) in [5.41, 5.74) is 1.49. The number of carbonyl (C=O) groups is 1. The van der Waals surface area contributed by atoms with E-state index in [9.17, 15) is 9.90 Å². The Morgan fingerprint density at radius 2 is 2.05 bits per heavy atom. The molecule has 2 heterocycles. The van der Waals surface area contributed by atoms with Gasteiger partial charge in [-0.1, -0.05) is 6.07 Å². The van der Waals surface area contributed by atoms with Crippen LogP contribution in [0.25, 0.3) is 16.7 Å². The first kappa shape index (κ1) is 13.9. The van der Waals surface area contributed by atoms with Gasteiger partial charge in [-0.05, 0) is 24.3 Å². The van der Waals surface area contributed by atoms with Crippen LogP contribution in [0.4, 0.5) is 0 Å². The van der Waals surface area contributed by atoms with Gasteiger partial charge >= 0.3 is 5.97 Å². The molecule has 0 radical (unpaired) electrons. The lowest BCUT2D eigenvalue weighted by Crippen LogP contribution is -2.03. The second-order valence-electron chi connectivity index (χ2n) is 4.60. The molecular formula is C16H14N2O4. The van der Waals surface area contributed by atoms with Gasteiger partial charge in [-0.15, -0.1) is 0 Å². The van der Waals surface area contributed by atoms with Gasteiger partial charge in [-0.25, -0.2) is 9.78 Å². The zero-order chi connectivity index (χ0) is 15.7. The maximum Gasteiger partial charge on any atom is 0.338 e. The van der Waals surface area contributed by atoms with Crippen LogP contribution in [0.1, 0.15) is 10.4 Å². The summed E-state index contributed by atoms with van der Waals surface area (Å²) in [5, 5.41) is 10.9. The van der Waals surface area contributed by atoms with E-state index in [2.05, 4.69) is 4.98 Å². The normalized spacial score (nSPS) is 10.6. The van der Waals surface area contributed by atoms with E-state index >= 15 is 0 Å². The molecule has 0 fully saturated rings. The topological polar surface area (TPSA) is 73.6 Å². The zero-order valence-electron chi connectivity index (χ0n) is 12.1. The molecule has 0 aliphatic carbocycles. The summed E-state index contributed by atoms with van der Waals surface area (Å²) in [5.74, 6) is -0.0590. The Balaban J connectivity index is 2.24. The third-order valence-electron chi connectivity index (χ3n) is 3.45. The van der Waals surface area contributed by atoms with E-state index in [0.29, 0.717) is 28.0 Å². The predicted molar refractivity (Wildman–Crippen MR) is 80.6 cm³/mol. The Kier molecular flexibility index (Phi) is 3.42. The van der Waals surface area contributed by atoms with Crippen molar-refractivity contribution < 1.29 is 19.4 Å².